The first-order chi connectivity index (χ1) is 12.2. The molecular formula is C20H23N3O2. The zero-order chi connectivity index (χ0) is 17.8. The number of ether oxygens (including phenoxy) is 1. The topological polar surface area (TPSA) is 55.6 Å². The van der Waals surface area contributed by atoms with Crippen molar-refractivity contribution in [2.45, 2.75) is 33.2 Å². The molecule has 25 heavy (non-hydrogen) atoms. The van der Waals surface area contributed by atoms with E-state index in [1.54, 1.807) is 0 Å². The van der Waals surface area contributed by atoms with Crippen molar-refractivity contribution in [2.24, 2.45) is 0 Å². The molecule has 0 aliphatic heterocycles. The summed E-state index contributed by atoms with van der Waals surface area (Å²) in [6, 6.07) is 13.6. The second kappa shape index (κ2) is 7.38. The number of rotatable bonds is 6. The molecule has 0 aliphatic carbocycles. The zero-order valence-electron chi connectivity index (χ0n) is 14.8. The lowest BCUT2D eigenvalue weighted by Crippen LogP contribution is -2.28. The molecule has 1 atom stereocenters. The normalized spacial score (nSPS) is 12.1. The molecule has 0 spiro atoms. The van der Waals surface area contributed by atoms with E-state index < -0.39 is 0 Å². The van der Waals surface area contributed by atoms with E-state index in [-0.39, 0.29) is 11.9 Å². The van der Waals surface area contributed by atoms with E-state index in [1.807, 2.05) is 73.8 Å². The van der Waals surface area contributed by atoms with Crippen LogP contribution >= 0.6 is 0 Å². The second-order valence-electron chi connectivity index (χ2n) is 5.87. The first kappa shape index (κ1) is 17.0. The molecule has 0 saturated carbocycles. The Morgan fingerprint density at radius 3 is 2.64 bits per heavy atom. The number of hydrogen-bond acceptors (Lipinski definition) is 3. The highest BCUT2D eigenvalue weighted by Crippen LogP contribution is 2.23. The highest BCUT2D eigenvalue weighted by molar-refractivity contribution is 5.95. The van der Waals surface area contributed by atoms with Crippen molar-refractivity contribution in [1.29, 1.82) is 0 Å². The van der Waals surface area contributed by atoms with Gasteiger partial charge in [-0.05, 0) is 38.0 Å². The van der Waals surface area contributed by atoms with Crippen LogP contribution in [-0.4, -0.2) is 21.9 Å². The van der Waals surface area contributed by atoms with Crippen LogP contribution in [0, 0.1) is 0 Å². The van der Waals surface area contributed by atoms with Gasteiger partial charge in [0.15, 0.2) is 11.4 Å². The molecule has 1 unspecified atom stereocenters. The SMILES string of the molecule is CCOc1cccn2c(C(=O)NC(C)c3ccccc3)c(CC)nc12. The Kier molecular flexibility index (Phi) is 5.03. The Morgan fingerprint density at radius 1 is 1.20 bits per heavy atom. The number of nitrogens with one attached hydrogen (secondary N) is 1. The van der Waals surface area contributed by atoms with Gasteiger partial charge in [-0.3, -0.25) is 9.20 Å². The summed E-state index contributed by atoms with van der Waals surface area (Å²) in [6.07, 6.45) is 2.53. The lowest BCUT2D eigenvalue weighted by molar-refractivity contribution is 0.0933. The predicted molar refractivity (Wildman–Crippen MR) is 98.1 cm³/mol. The molecule has 5 nitrogen and oxygen atoms in total. The Bertz CT molecular complexity index is 871. The fraction of sp³-hybridized carbons (Fsp3) is 0.300. The van der Waals surface area contributed by atoms with Crippen molar-refractivity contribution in [3.63, 3.8) is 0 Å². The number of aromatic nitrogens is 2. The summed E-state index contributed by atoms with van der Waals surface area (Å²) in [5, 5.41) is 3.08. The molecule has 2 aromatic heterocycles. The number of carbonyl (C=O) groups excluding carboxylic acids is 1. The third kappa shape index (κ3) is 3.36. The minimum atomic E-state index is -0.130. The van der Waals surface area contributed by atoms with Gasteiger partial charge in [0.2, 0.25) is 0 Å². The standard InChI is InChI=1S/C20H23N3O2/c1-4-16-18(20(24)21-14(3)15-10-7-6-8-11-15)23-13-9-12-17(25-5-2)19(23)22-16/h6-14H,4-5H2,1-3H3,(H,21,24). The van der Waals surface area contributed by atoms with Gasteiger partial charge >= 0.3 is 0 Å². The van der Waals surface area contributed by atoms with E-state index in [9.17, 15) is 4.79 Å². The zero-order valence-corrected chi connectivity index (χ0v) is 14.8. The lowest BCUT2D eigenvalue weighted by atomic mass is 10.1. The van der Waals surface area contributed by atoms with Gasteiger partial charge in [0.05, 0.1) is 18.3 Å². The number of hydrogen-bond donors (Lipinski definition) is 1. The molecule has 1 N–H and O–H groups in total. The summed E-state index contributed by atoms with van der Waals surface area (Å²) in [4.78, 5) is 17.6. The van der Waals surface area contributed by atoms with Crippen LogP contribution in [-0.2, 0) is 6.42 Å². The summed E-state index contributed by atoms with van der Waals surface area (Å²) in [6.45, 7) is 6.47. The molecular weight excluding hydrogens is 314 g/mol. The van der Waals surface area contributed by atoms with Crippen LogP contribution in [0.2, 0.25) is 0 Å². The minimum absolute atomic E-state index is 0.0842. The molecule has 0 saturated heterocycles. The first-order valence-corrected chi connectivity index (χ1v) is 8.64. The lowest BCUT2D eigenvalue weighted by Gasteiger charge is -2.15. The van der Waals surface area contributed by atoms with E-state index in [0.29, 0.717) is 30.1 Å². The Balaban J connectivity index is 1.96. The van der Waals surface area contributed by atoms with Gasteiger partial charge in [-0.15, -0.1) is 0 Å². The van der Waals surface area contributed by atoms with E-state index in [4.69, 9.17) is 4.74 Å². The average Bonchev–Trinajstić information content (AvgIpc) is 3.02. The molecule has 2 heterocycles. The predicted octanol–water partition coefficient (Wildman–Crippen LogP) is 3.79. The van der Waals surface area contributed by atoms with Crippen LogP contribution in [0.4, 0.5) is 0 Å². The quantitative estimate of drug-likeness (QED) is 0.744. The number of pyridine rings is 1. The molecule has 1 aromatic carbocycles. The van der Waals surface area contributed by atoms with Gasteiger partial charge in [-0.25, -0.2) is 4.98 Å². The molecule has 0 fully saturated rings. The van der Waals surface area contributed by atoms with Crippen molar-refractivity contribution < 1.29 is 9.53 Å². The summed E-state index contributed by atoms with van der Waals surface area (Å²) in [5.74, 6) is 0.559. The highest BCUT2D eigenvalue weighted by Gasteiger charge is 2.21. The van der Waals surface area contributed by atoms with Gasteiger partial charge in [-0.1, -0.05) is 37.3 Å². The Morgan fingerprint density at radius 2 is 1.96 bits per heavy atom. The Hall–Kier alpha value is -2.82. The van der Waals surface area contributed by atoms with E-state index >= 15 is 0 Å². The third-order valence-corrected chi connectivity index (χ3v) is 4.18. The molecule has 130 valence electrons. The van der Waals surface area contributed by atoms with Gasteiger partial charge in [0.25, 0.3) is 5.91 Å². The van der Waals surface area contributed by atoms with Gasteiger partial charge in [0, 0.05) is 6.20 Å². The van der Waals surface area contributed by atoms with Gasteiger partial charge < -0.3 is 10.1 Å². The van der Waals surface area contributed by atoms with Crippen molar-refractivity contribution in [2.75, 3.05) is 6.61 Å². The van der Waals surface area contributed by atoms with Crippen LogP contribution in [0.5, 0.6) is 5.75 Å². The maximum atomic E-state index is 12.9. The summed E-state index contributed by atoms with van der Waals surface area (Å²) in [5.41, 5.74) is 3.09. The molecule has 0 radical (unpaired) electrons. The van der Waals surface area contributed by atoms with Gasteiger partial charge in [-0.2, -0.15) is 0 Å². The van der Waals surface area contributed by atoms with Crippen LogP contribution in [0.1, 0.15) is 48.6 Å². The molecule has 3 aromatic rings. The monoisotopic (exact) mass is 337 g/mol. The minimum Gasteiger partial charge on any atom is -0.490 e. The first-order valence-electron chi connectivity index (χ1n) is 8.64. The van der Waals surface area contributed by atoms with Crippen LogP contribution in [0.3, 0.4) is 0 Å². The molecule has 3 rings (SSSR count). The number of fused-ring (bicyclic) bond motifs is 1. The van der Waals surface area contributed by atoms with Crippen molar-refractivity contribution >= 4 is 11.6 Å². The largest absolute Gasteiger partial charge is 0.490 e. The Labute approximate surface area is 147 Å². The number of amides is 1. The van der Waals surface area contributed by atoms with Crippen molar-refractivity contribution in [3.05, 3.63) is 65.6 Å². The van der Waals surface area contributed by atoms with E-state index in [2.05, 4.69) is 10.3 Å². The molecule has 1 amide bonds. The second-order valence-corrected chi connectivity index (χ2v) is 5.87. The highest BCUT2D eigenvalue weighted by atomic mass is 16.5. The number of benzene rings is 1. The molecule has 5 heteroatoms. The molecule has 0 bridgehead atoms. The van der Waals surface area contributed by atoms with Crippen molar-refractivity contribution in [3.8, 4) is 5.75 Å². The van der Waals surface area contributed by atoms with E-state index in [1.165, 1.54) is 0 Å². The number of aryl methyl sites for hydroxylation is 1. The van der Waals surface area contributed by atoms with E-state index in [0.717, 1.165) is 11.3 Å². The van der Waals surface area contributed by atoms with Gasteiger partial charge in [0.1, 0.15) is 5.69 Å². The van der Waals surface area contributed by atoms with Crippen molar-refractivity contribution in [1.82, 2.24) is 14.7 Å². The fourth-order valence-electron chi connectivity index (χ4n) is 2.93. The van der Waals surface area contributed by atoms with Crippen LogP contribution in [0.25, 0.3) is 5.65 Å². The number of nitrogens with zero attached hydrogens (tertiary/aromatic N) is 2. The maximum absolute atomic E-state index is 12.9. The summed E-state index contributed by atoms with van der Waals surface area (Å²) in [7, 11) is 0. The summed E-state index contributed by atoms with van der Waals surface area (Å²) < 4.78 is 7.46. The number of carbonyl (C=O) groups is 1. The fourth-order valence-corrected chi connectivity index (χ4v) is 2.93. The van der Waals surface area contributed by atoms with Crippen LogP contribution < -0.4 is 10.1 Å². The summed E-state index contributed by atoms with van der Waals surface area (Å²) >= 11 is 0. The third-order valence-electron chi connectivity index (χ3n) is 4.18. The van der Waals surface area contributed by atoms with Crippen LogP contribution in [0.15, 0.2) is 48.7 Å². The molecule has 0 aliphatic rings. The maximum Gasteiger partial charge on any atom is 0.270 e. The smallest absolute Gasteiger partial charge is 0.270 e. The number of imidazole rings is 1. The average molecular weight is 337 g/mol.